The molecule has 1 aromatic heterocycles. The molecule has 0 spiro atoms. The maximum absolute atomic E-state index is 11.9. The summed E-state index contributed by atoms with van der Waals surface area (Å²) in [6, 6.07) is 4.24. The van der Waals surface area contributed by atoms with Crippen LogP contribution in [0.25, 0.3) is 11.3 Å². The minimum Gasteiger partial charge on any atom is -0.326 e. The Hall–Kier alpha value is -1.81. The lowest BCUT2D eigenvalue weighted by molar-refractivity contribution is 0.739. The first-order chi connectivity index (χ1) is 8.45. The van der Waals surface area contributed by atoms with Crippen LogP contribution in [0.5, 0.6) is 0 Å². The molecule has 4 heteroatoms. The summed E-state index contributed by atoms with van der Waals surface area (Å²) in [6.07, 6.45) is 0. The Morgan fingerprint density at radius 3 is 2.28 bits per heavy atom. The fourth-order valence-electron chi connectivity index (χ4n) is 2.57. The van der Waals surface area contributed by atoms with Gasteiger partial charge in [0.15, 0.2) is 0 Å². The number of aromatic amines is 1. The van der Waals surface area contributed by atoms with Crippen LogP contribution < -0.4 is 11.3 Å². The molecule has 0 aliphatic carbocycles. The van der Waals surface area contributed by atoms with Gasteiger partial charge in [-0.05, 0) is 31.9 Å². The third-order valence-corrected chi connectivity index (χ3v) is 3.28. The Kier molecular flexibility index (Phi) is 3.13. The first-order valence-corrected chi connectivity index (χ1v) is 6.02. The average molecular weight is 245 g/mol. The highest BCUT2D eigenvalue weighted by Crippen LogP contribution is 2.28. The van der Waals surface area contributed by atoms with Crippen LogP contribution in [0.3, 0.4) is 0 Å². The molecule has 0 saturated carbocycles. The number of H-pyrrole nitrogens is 1. The second-order valence-corrected chi connectivity index (χ2v) is 4.81. The Balaban J connectivity index is 2.77. The van der Waals surface area contributed by atoms with Gasteiger partial charge in [0.1, 0.15) is 0 Å². The summed E-state index contributed by atoms with van der Waals surface area (Å²) in [6.45, 7) is 6.43. The van der Waals surface area contributed by atoms with Crippen LogP contribution in [0, 0.1) is 20.8 Å². The normalized spacial score (nSPS) is 10.9. The van der Waals surface area contributed by atoms with Crippen LogP contribution in [-0.4, -0.2) is 9.78 Å². The molecule has 2 rings (SSSR count). The molecule has 0 atom stereocenters. The number of benzene rings is 1. The van der Waals surface area contributed by atoms with Gasteiger partial charge >= 0.3 is 0 Å². The number of hydrogen-bond donors (Lipinski definition) is 2. The van der Waals surface area contributed by atoms with E-state index in [1.54, 1.807) is 7.05 Å². The molecule has 0 amide bonds. The van der Waals surface area contributed by atoms with E-state index in [-0.39, 0.29) is 12.1 Å². The van der Waals surface area contributed by atoms with Gasteiger partial charge in [0.2, 0.25) is 0 Å². The van der Waals surface area contributed by atoms with Crippen LogP contribution in [-0.2, 0) is 13.6 Å². The van der Waals surface area contributed by atoms with E-state index in [1.165, 1.54) is 10.2 Å². The minimum absolute atomic E-state index is 0.0492. The maximum Gasteiger partial charge on any atom is 0.271 e. The van der Waals surface area contributed by atoms with Crippen molar-refractivity contribution in [2.75, 3.05) is 0 Å². The highest BCUT2D eigenvalue weighted by molar-refractivity contribution is 5.70. The van der Waals surface area contributed by atoms with Gasteiger partial charge in [0.05, 0.1) is 11.3 Å². The van der Waals surface area contributed by atoms with Crippen LogP contribution in [0.15, 0.2) is 16.9 Å². The standard InChI is InChI=1S/C14H19N3O/c1-8-5-9(2)12(10(3)6-8)13-11(7-15)14(18)17(4)16-13/h5-6,16H,7,15H2,1-4H3. The SMILES string of the molecule is Cc1cc(C)c(-c2[nH]n(C)c(=O)c2CN)c(C)c1. The molecule has 0 saturated heterocycles. The lowest BCUT2D eigenvalue weighted by Crippen LogP contribution is -2.17. The monoisotopic (exact) mass is 245 g/mol. The van der Waals surface area contributed by atoms with Gasteiger partial charge in [0, 0.05) is 19.2 Å². The lowest BCUT2D eigenvalue weighted by Gasteiger charge is -2.11. The molecule has 0 fully saturated rings. The lowest BCUT2D eigenvalue weighted by atomic mass is 9.95. The summed E-state index contributed by atoms with van der Waals surface area (Å²) in [5, 5.41) is 3.11. The second kappa shape index (κ2) is 4.46. The van der Waals surface area contributed by atoms with Gasteiger partial charge in [-0.15, -0.1) is 0 Å². The predicted octanol–water partition coefficient (Wildman–Crippen LogP) is 1.76. The zero-order chi connectivity index (χ0) is 13.4. The Labute approximate surface area is 106 Å². The van der Waals surface area contributed by atoms with E-state index in [4.69, 9.17) is 5.73 Å². The summed E-state index contributed by atoms with van der Waals surface area (Å²) < 4.78 is 1.48. The van der Waals surface area contributed by atoms with Gasteiger partial charge in [0.25, 0.3) is 5.56 Å². The van der Waals surface area contributed by atoms with Gasteiger partial charge in [-0.2, -0.15) is 0 Å². The topological polar surface area (TPSA) is 63.8 Å². The molecule has 0 aliphatic rings. The minimum atomic E-state index is -0.0492. The van der Waals surface area contributed by atoms with Gasteiger partial charge < -0.3 is 5.73 Å². The van der Waals surface area contributed by atoms with E-state index in [0.29, 0.717) is 5.56 Å². The van der Waals surface area contributed by atoms with Crippen LogP contribution in [0.2, 0.25) is 0 Å². The van der Waals surface area contributed by atoms with Crippen molar-refractivity contribution in [3.8, 4) is 11.3 Å². The van der Waals surface area contributed by atoms with E-state index in [9.17, 15) is 4.79 Å². The molecule has 4 nitrogen and oxygen atoms in total. The zero-order valence-corrected chi connectivity index (χ0v) is 11.3. The predicted molar refractivity (Wildman–Crippen MR) is 73.6 cm³/mol. The molecule has 0 unspecified atom stereocenters. The van der Waals surface area contributed by atoms with Crippen molar-refractivity contribution in [1.29, 1.82) is 0 Å². The Bertz CT molecular complexity index is 627. The van der Waals surface area contributed by atoms with Crippen molar-refractivity contribution in [2.24, 2.45) is 12.8 Å². The van der Waals surface area contributed by atoms with Crippen LogP contribution in [0.1, 0.15) is 22.3 Å². The highest BCUT2D eigenvalue weighted by Gasteiger charge is 2.16. The van der Waals surface area contributed by atoms with Crippen molar-refractivity contribution in [3.63, 3.8) is 0 Å². The van der Waals surface area contributed by atoms with Crippen LogP contribution in [0.4, 0.5) is 0 Å². The third-order valence-electron chi connectivity index (χ3n) is 3.28. The smallest absolute Gasteiger partial charge is 0.271 e. The number of rotatable bonds is 2. The van der Waals surface area contributed by atoms with E-state index < -0.39 is 0 Å². The van der Waals surface area contributed by atoms with E-state index in [0.717, 1.165) is 22.4 Å². The maximum atomic E-state index is 11.9. The average Bonchev–Trinajstić information content (AvgIpc) is 2.53. The van der Waals surface area contributed by atoms with E-state index in [2.05, 4.69) is 38.0 Å². The number of nitrogens with zero attached hydrogens (tertiary/aromatic N) is 1. The quantitative estimate of drug-likeness (QED) is 0.847. The van der Waals surface area contributed by atoms with Crippen molar-refractivity contribution >= 4 is 0 Å². The number of aryl methyl sites for hydroxylation is 4. The molecule has 1 heterocycles. The van der Waals surface area contributed by atoms with Gasteiger partial charge in [-0.3, -0.25) is 14.6 Å². The van der Waals surface area contributed by atoms with Crippen LogP contribution >= 0.6 is 0 Å². The largest absolute Gasteiger partial charge is 0.326 e. The molecule has 3 N–H and O–H groups in total. The molecule has 1 aromatic carbocycles. The Morgan fingerprint density at radius 2 is 1.78 bits per heavy atom. The van der Waals surface area contributed by atoms with E-state index in [1.807, 2.05) is 0 Å². The first-order valence-electron chi connectivity index (χ1n) is 6.02. The second-order valence-electron chi connectivity index (χ2n) is 4.81. The number of nitrogens with two attached hydrogens (primary N) is 1. The zero-order valence-electron chi connectivity index (χ0n) is 11.3. The highest BCUT2D eigenvalue weighted by atomic mass is 16.1. The summed E-state index contributed by atoms with van der Waals surface area (Å²) in [5.41, 5.74) is 11.8. The number of nitrogens with one attached hydrogen (secondary N) is 1. The summed E-state index contributed by atoms with van der Waals surface area (Å²) in [7, 11) is 1.71. The molecule has 18 heavy (non-hydrogen) atoms. The molecule has 0 aliphatic heterocycles. The molecule has 2 aromatic rings. The third kappa shape index (κ3) is 1.88. The fraction of sp³-hybridized carbons (Fsp3) is 0.357. The first kappa shape index (κ1) is 12.6. The van der Waals surface area contributed by atoms with E-state index >= 15 is 0 Å². The number of aromatic nitrogens is 2. The Morgan fingerprint density at radius 1 is 1.22 bits per heavy atom. The summed E-state index contributed by atoms with van der Waals surface area (Å²) in [4.78, 5) is 11.9. The number of hydrogen-bond acceptors (Lipinski definition) is 2. The van der Waals surface area contributed by atoms with Gasteiger partial charge in [-0.25, -0.2) is 0 Å². The van der Waals surface area contributed by atoms with Crippen molar-refractivity contribution < 1.29 is 0 Å². The summed E-state index contributed by atoms with van der Waals surface area (Å²) >= 11 is 0. The fourth-order valence-corrected chi connectivity index (χ4v) is 2.57. The molecule has 0 radical (unpaired) electrons. The molecule has 96 valence electrons. The molecular weight excluding hydrogens is 226 g/mol. The van der Waals surface area contributed by atoms with Gasteiger partial charge in [-0.1, -0.05) is 17.7 Å². The van der Waals surface area contributed by atoms with Crippen molar-refractivity contribution in [3.05, 3.63) is 44.7 Å². The van der Waals surface area contributed by atoms with Crippen molar-refractivity contribution in [1.82, 2.24) is 9.78 Å². The molecular formula is C14H19N3O. The summed E-state index contributed by atoms with van der Waals surface area (Å²) in [5.74, 6) is 0. The van der Waals surface area contributed by atoms with Crippen molar-refractivity contribution in [2.45, 2.75) is 27.3 Å². The molecule has 0 bridgehead atoms.